The fourth-order valence-electron chi connectivity index (χ4n) is 0.321. The Labute approximate surface area is 73.2 Å². The number of hydrogen-bond acceptors (Lipinski definition) is 2. The predicted molar refractivity (Wildman–Crippen MR) is 46.6 cm³/mol. The molecule has 0 saturated heterocycles. The van der Waals surface area contributed by atoms with Crippen LogP contribution in [0.1, 0.15) is 0 Å². The van der Waals surface area contributed by atoms with Crippen molar-refractivity contribution >= 4 is 28.5 Å². The molecule has 0 aromatic rings. The van der Waals surface area contributed by atoms with E-state index in [-0.39, 0.29) is 5.91 Å². The van der Waals surface area contributed by atoms with Gasteiger partial charge in [0, 0.05) is 6.54 Å². The van der Waals surface area contributed by atoms with Gasteiger partial charge in [-0.05, 0) is 0 Å². The number of alkyl halides is 1. The van der Waals surface area contributed by atoms with E-state index in [1.165, 1.54) is 0 Å². The van der Waals surface area contributed by atoms with Crippen molar-refractivity contribution in [3.8, 4) is 6.07 Å². The van der Waals surface area contributed by atoms with Gasteiger partial charge in [0.1, 0.15) is 0 Å². The van der Waals surface area contributed by atoms with Gasteiger partial charge in [-0.1, -0.05) is 28.7 Å². The Morgan fingerprint density at radius 1 is 2.00 bits per heavy atom. The summed E-state index contributed by atoms with van der Waals surface area (Å²) in [6.45, 7) is 3.83. The normalized spacial score (nSPS) is 11.2. The largest absolute Gasteiger partial charge is 0.351 e. The van der Waals surface area contributed by atoms with Crippen molar-refractivity contribution in [2.45, 2.75) is 3.92 Å². The summed E-state index contributed by atoms with van der Waals surface area (Å²) in [7, 11) is 0. The van der Waals surface area contributed by atoms with Gasteiger partial charge in [0.25, 0.3) is 0 Å². The van der Waals surface area contributed by atoms with Gasteiger partial charge in [-0.3, -0.25) is 4.79 Å². The maximum Gasteiger partial charge on any atom is 0.247 e. The maximum atomic E-state index is 10.7. The van der Waals surface area contributed by atoms with Crippen molar-refractivity contribution in [1.82, 2.24) is 5.32 Å². The zero-order valence-electron chi connectivity index (χ0n) is 5.30. The highest BCUT2D eigenvalue weighted by molar-refractivity contribution is 14.1. The van der Waals surface area contributed by atoms with E-state index < -0.39 is 3.92 Å². The van der Waals surface area contributed by atoms with Crippen LogP contribution in [-0.2, 0) is 4.79 Å². The molecule has 4 heteroatoms. The molecule has 10 heavy (non-hydrogen) atoms. The van der Waals surface area contributed by atoms with E-state index in [0.717, 1.165) is 0 Å². The van der Waals surface area contributed by atoms with E-state index in [1.807, 2.05) is 6.07 Å². The summed E-state index contributed by atoms with van der Waals surface area (Å²) < 4.78 is -0.599. The van der Waals surface area contributed by atoms with Crippen LogP contribution in [0.2, 0.25) is 0 Å². The van der Waals surface area contributed by atoms with E-state index in [2.05, 4.69) is 11.9 Å². The summed E-state index contributed by atoms with van der Waals surface area (Å²) in [6, 6.07) is 1.81. The topological polar surface area (TPSA) is 52.9 Å². The minimum absolute atomic E-state index is 0.261. The van der Waals surface area contributed by atoms with Crippen LogP contribution in [0, 0.1) is 11.3 Å². The molecule has 0 aliphatic rings. The second-order valence-corrected chi connectivity index (χ2v) is 2.77. The highest BCUT2D eigenvalue weighted by atomic mass is 127. The Hall–Kier alpha value is -0.570. The summed E-state index contributed by atoms with van der Waals surface area (Å²) in [4.78, 5) is 10.7. The third-order valence-corrected chi connectivity index (χ3v) is 1.61. The van der Waals surface area contributed by atoms with Crippen molar-refractivity contribution in [2.24, 2.45) is 0 Å². The summed E-state index contributed by atoms with van der Waals surface area (Å²) in [5.41, 5.74) is 0. The fraction of sp³-hybridized carbons (Fsp3) is 0.333. The number of nitriles is 1. The Morgan fingerprint density at radius 2 is 2.60 bits per heavy atom. The molecule has 0 aromatic carbocycles. The third kappa shape index (κ3) is 3.45. The summed E-state index contributed by atoms with van der Waals surface area (Å²) in [6.07, 6.45) is 1.57. The first-order valence-corrected chi connectivity index (χ1v) is 3.89. The first kappa shape index (κ1) is 9.43. The zero-order chi connectivity index (χ0) is 7.98. The molecule has 0 heterocycles. The van der Waals surface area contributed by atoms with Gasteiger partial charge in [-0.15, -0.1) is 6.58 Å². The number of hydrogen-bond donors (Lipinski definition) is 1. The standard InChI is InChI=1S/C6H7IN2O/c1-2-3-9-6(10)5(7)4-8/h2,5H,1,3H2,(H,9,10). The number of amides is 1. The molecule has 1 atom stereocenters. The fourth-order valence-corrected chi connectivity index (χ4v) is 0.541. The Balaban J connectivity index is 3.64. The maximum absolute atomic E-state index is 10.7. The summed E-state index contributed by atoms with van der Waals surface area (Å²) >= 11 is 1.76. The van der Waals surface area contributed by atoms with Crippen LogP contribution in [0.5, 0.6) is 0 Å². The minimum atomic E-state index is -0.599. The SMILES string of the molecule is C=CCNC(=O)C(I)C#N. The molecule has 0 aliphatic carbocycles. The van der Waals surface area contributed by atoms with Crippen molar-refractivity contribution in [3.63, 3.8) is 0 Å². The van der Waals surface area contributed by atoms with Crippen molar-refractivity contribution in [1.29, 1.82) is 5.26 Å². The molecule has 3 nitrogen and oxygen atoms in total. The van der Waals surface area contributed by atoms with Gasteiger partial charge in [0.2, 0.25) is 5.91 Å². The van der Waals surface area contributed by atoms with Gasteiger partial charge in [-0.25, -0.2) is 0 Å². The molecule has 54 valence electrons. The van der Waals surface area contributed by atoms with Gasteiger partial charge < -0.3 is 5.32 Å². The monoisotopic (exact) mass is 250 g/mol. The van der Waals surface area contributed by atoms with Crippen LogP contribution in [-0.4, -0.2) is 16.4 Å². The minimum Gasteiger partial charge on any atom is -0.351 e. The van der Waals surface area contributed by atoms with Crippen LogP contribution in [0.25, 0.3) is 0 Å². The van der Waals surface area contributed by atoms with Crippen molar-refractivity contribution < 1.29 is 4.79 Å². The van der Waals surface area contributed by atoms with Crippen LogP contribution >= 0.6 is 22.6 Å². The number of halogens is 1. The Morgan fingerprint density at radius 3 is 3.00 bits per heavy atom. The first-order valence-electron chi connectivity index (χ1n) is 2.64. The second kappa shape index (κ2) is 5.23. The number of rotatable bonds is 3. The van der Waals surface area contributed by atoms with Gasteiger partial charge in [0.15, 0.2) is 3.92 Å². The molecule has 0 aliphatic heterocycles. The predicted octanol–water partition coefficient (Wildman–Crippen LogP) is 0.616. The molecule has 0 rings (SSSR count). The number of carbonyl (C=O) groups excluding carboxylic acids is 1. The number of carbonyl (C=O) groups is 1. The van der Waals surface area contributed by atoms with Crippen LogP contribution in [0.4, 0.5) is 0 Å². The lowest BCUT2D eigenvalue weighted by molar-refractivity contribution is -0.119. The van der Waals surface area contributed by atoms with E-state index >= 15 is 0 Å². The lowest BCUT2D eigenvalue weighted by Gasteiger charge is -1.99. The van der Waals surface area contributed by atoms with E-state index in [0.29, 0.717) is 6.54 Å². The molecule has 0 spiro atoms. The Kier molecular flexibility index (Phi) is 4.94. The lowest BCUT2D eigenvalue weighted by atomic mass is 10.4. The number of nitrogens with one attached hydrogen (secondary N) is 1. The Bertz CT molecular complexity index is 173. The van der Waals surface area contributed by atoms with Crippen LogP contribution in [0.3, 0.4) is 0 Å². The summed E-state index contributed by atoms with van der Waals surface area (Å²) in [5, 5.41) is 10.8. The van der Waals surface area contributed by atoms with Gasteiger partial charge in [0.05, 0.1) is 6.07 Å². The molecule has 0 saturated carbocycles. The van der Waals surface area contributed by atoms with E-state index in [4.69, 9.17) is 5.26 Å². The second-order valence-electron chi connectivity index (χ2n) is 1.53. The zero-order valence-corrected chi connectivity index (χ0v) is 7.46. The molecule has 1 amide bonds. The molecule has 0 bridgehead atoms. The lowest BCUT2D eigenvalue weighted by Crippen LogP contribution is -2.29. The summed E-state index contributed by atoms with van der Waals surface area (Å²) in [5.74, 6) is -0.261. The quantitative estimate of drug-likeness (QED) is 0.453. The smallest absolute Gasteiger partial charge is 0.247 e. The first-order chi connectivity index (χ1) is 4.72. The molecule has 0 radical (unpaired) electrons. The van der Waals surface area contributed by atoms with Crippen LogP contribution in [0.15, 0.2) is 12.7 Å². The third-order valence-electron chi connectivity index (χ3n) is 0.764. The van der Waals surface area contributed by atoms with E-state index in [9.17, 15) is 4.79 Å². The molecule has 1 unspecified atom stereocenters. The van der Waals surface area contributed by atoms with E-state index in [1.54, 1.807) is 28.7 Å². The molecule has 0 aromatic heterocycles. The molecule has 0 fully saturated rings. The highest BCUT2D eigenvalue weighted by Crippen LogP contribution is 1.96. The average Bonchev–Trinajstić information content (AvgIpc) is 1.98. The van der Waals surface area contributed by atoms with Crippen molar-refractivity contribution in [3.05, 3.63) is 12.7 Å². The highest BCUT2D eigenvalue weighted by Gasteiger charge is 2.10. The molecular weight excluding hydrogens is 243 g/mol. The van der Waals surface area contributed by atoms with Crippen molar-refractivity contribution in [2.75, 3.05) is 6.54 Å². The van der Waals surface area contributed by atoms with Gasteiger partial charge >= 0.3 is 0 Å². The molecular formula is C6H7IN2O. The molecule has 1 N–H and O–H groups in total. The van der Waals surface area contributed by atoms with Gasteiger partial charge in [-0.2, -0.15) is 5.26 Å². The van der Waals surface area contributed by atoms with Crippen LogP contribution < -0.4 is 5.32 Å². The average molecular weight is 250 g/mol. The number of nitrogens with zero attached hydrogens (tertiary/aromatic N) is 1.